The predicted octanol–water partition coefficient (Wildman–Crippen LogP) is 1.05. The molecule has 2 heterocycles. The van der Waals surface area contributed by atoms with Crippen LogP contribution in [0.2, 0.25) is 0 Å². The Hall–Kier alpha value is -2.70. The molecule has 7 nitrogen and oxygen atoms in total. The number of hydrogen-bond acceptors (Lipinski definition) is 6. The molecule has 0 spiro atoms. The second-order valence-corrected chi connectivity index (χ2v) is 4.06. The number of carbonyl (C=O) groups is 2. The minimum Gasteiger partial charge on any atom is -0.462 e. The summed E-state index contributed by atoms with van der Waals surface area (Å²) in [5.74, 6) is -1.22. The Labute approximate surface area is 120 Å². The second-order valence-electron chi connectivity index (χ2n) is 4.06. The highest BCUT2D eigenvalue weighted by Gasteiger charge is 2.15. The maximum Gasteiger partial charge on any atom is 0.345 e. The number of hydrogen-bond donors (Lipinski definition) is 0. The molecule has 21 heavy (non-hydrogen) atoms. The quantitative estimate of drug-likeness (QED) is 0.782. The van der Waals surface area contributed by atoms with E-state index in [1.165, 1.54) is 22.7 Å². The SMILES string of the molecule is CCOC(=O)c1ccn2c(=O)c(C(=O)OCC)cnc2c1. The fraction of sp³-hybridized carbons (Fsp3) is 0.286. The molecule has 0 aliphatic carbocycles. The van der Waals surface area contributed by atoms with E-state index in [1.807, 2.05) is 0 Å². The summed E-state index contributed by atoms with van der Waals surface area (Å²) in [6.07, 6.45) is 2.52. The van der Waals surface area contributed by atoms with Gasteiger partial charge in [-0.25, -0.2) is 14.6 Å². The van der Waals surface area contributed by atoms with Crippen LogP contribution in [0, 0.1) is 0 Å². The van der Waals surface area contributed by atoms with Crippen molar-refractivity contribution in [1.82, 2.24) is 9.38 Å². The highest BCUT2D eigenvalue weighted by molar-refractivity contribution is 5.91. The first-order valence-electron chi connectivity index (χ1n) is 6.44. The molecule has 0 atom stereocenters. The van der Waals surface area contributed by atoms with Gasteiger partial charge in [0.15, 0.2) is 0 Å². The lowest BCUT2D eigenvalue weighted by molar-refractivity contribution is 0.0514. The fourth-order valence-electron chi connectivity index (χ4n) is 1.77. The zero-order valence-corrected chi connectivity index (χ0v) is 11.7. The Morgan fingerprint density at radius 3 is 2.52 bits per heavy atom. The molecule has 2 aromatic heterocycles. The molecule has 0 amide bonds. The van der Waals surface area contributed by atoms with Crippen LogP contribution in [-0.2, 0) is 9.47 Å². The summed E-state index contributed by atoms with van der Waals surface area (Å²) in [6.45, 7) is 3.78. The van der Waals surface area contributed by atoms with E-state index >= 15 is 0 Å². The minimum atomic E-state index is -0.723. The van der Waals surface area contributed by atoms with Crippen LogP contribution >= 0.6 is 0 Å². The van der Waals surface area contributed by atoms with Crippen LogP contribution in [0.3, 0.4) is 0 Å². The first kappa shape index (κ1) is 14.7. The number of pyridine rings is 1. The summed E-state index contributed by atoms with van der Waals surface area (Å²) < 4.78 is 10.8. The van der Waals surface area contributed by atoms with Crippen molar-refractivity contribution in [1.29, 1.82) is 0 Å². The van der Waals surface area contributed by atoms with E-state index in [1.54, 1.807) is 13.8 Å². The van der Waals surface area contributed by atoms with Gasteiger partial charge in [0.05, 0.1) is 18.8 Å². The molecule has 0 saturated carbocycles. The molecule has 0 aliphatic rings. The first-order valence-corrected chi connectivity index (χ1v) is 6.44. The zero-order chi connectivity index (χ0) is 15.4. The van der Waals surface area contributed by atoms with Gasteiger partial charge in [0, 0.05) is 12.4 Å². The molecule has 0 unspecified atom stereocenters. The zero-order valence-electron chi connectivity index (χ0n) is 11.7. The van der Waals surface area contributed by atoms with Gasteiger partial charge >= 0.3 is 11.9 Å². The van der Waals surface area contributed by atoms with Crippen LogP contribution in [0.25, 0.3) is 5.65 Å². The molecule has 0 bridgehead atoms. The second kappa shape index (κ2) is 6.17. The lowest BCUT2D eigenvalue weighted by atomic mass is 10.2. The van der Waals surface area contributed by atoms with Gasteiger partial charge in [-0.15, -0.1) is 0 Å². The number of fused-ring (bicyclic) bond motifs is 1. The molecule has 2 aromatic rings. The average molecular weight is 290 g/mol. The van der Waals surface area contributed by atoms with Crippen molar-refractivity contribution >= 4 is 17.6 Å². The molecule has 2 rings (SSSR count). The topological polar surface area (TPSA) is 87.0 Å². The van der Waals surface area contributed by atoms with Crippen molar-refractivity contribution in [3.05, 3.63) is 46.0 Å². The van der Waals surface area contributed by atoms with Crippen LogP contribution in [0.1, 0.15) is 34.6 Å². The summed E-state index contributed by atoms with van der Waals surface area (Å²) in [5.41, 5.74) is -0.168. The lowest BCUT2D eigenvalue weighted by Crippen LogP contribution is -2.24. The molecular weight excluding hydrogens is 276 g/mol. The molecule has 110 valence electrons. The number of rotatable bonds is 4. The Kier molecular flexibility index (Phi) is 4.32. The monoisotopic (exact) mass is 290 g/mol. The van der Waals surface area contributed by atoms with Gasteiger partial charge in [0.1, 0.15) is 11.2 Å². The number of aromatic nitrogens is 2. The Bertz CT molecular complexity index is 751. The van der Waals surface area contributed by atoms with E-state index in [0.29, 0.717) is 0 Å². The van der Waals surface area contributed by atoms with Gasteiger partial charge in [-0.1, -0.05) is 0 Å². The molecule has 0 fully saturated rings. The Morgan fingerprint density at radius 2 is 1.86 bits per heavy atom. The predicted molar refractivity (Wildman–Crippen MR) is 73.4 cm³/mol. The van der Waals surface area contributed by atoms with Crippen molar-refractivity contribution in [3.8, 4) is 0 Å². The van der Waals surface area contributed by atoms with Crippen molar-refractivity contribution in [2.75, 3.05) is 13.2 Å². The largest absolute Gasteiger partial charge is 0.462 e. The third kappa shape index (κ3) is 2.91. The summed E-state index contributed by atoms with van der Waals surface area (Å²) in [7, 11) is 0. The summed E-state index contributed by atoms with van der Waals surface area (Å²) >= 11 is 0. The van der Waals surface area contributed by atoms with Gasteiger partial charge in [-0.05, 0) is 26.0 Å². The van der Waals surface area contributed by atoms with Crippen molar-refractivity contribution in [2.24, 2.45) is 0 Å². The van der Waals surface area contributed by atoms with Gasteiger partial charge < -0.3 is 9.47 Å². The standard InChI is InChI=1S/C14H14N2O5/c1-3-20-13(18)9-5-6-16-11(7-9)15-8-10(12(16)17)14(19)21-4-2/h5-8H,3-4H2,1-2H3. The van der Waals surface area contributed by atoms with Gasteiger partial charge in [-0.3, -0.25) is 9.20 Å². The van der Waals surface area contributed by atoms with Crippen molar-refractivity contribution in [2.45, 2.75) is 13.8 Å². The third-order valence-electron chi connectivity index (χ3n) is 2.72. The first-order chi connectivity index (χ1) is 10.1. The Balaban J connectivity index is 2.48. The smallest absolute Gasteiger partial charge is 0.345 e. The van der Waals surface area contributed by atoms with E-state index in [-0.39, 0.29) is 30.0 Å². The molecule has 0 aliphatic heterocycles. The van der Waals surface area contributed by atoms with Crippen molar-refractivity contribution in [3.63, 3.8) is 0 Å². The number of ether oxygens (including phenoxy) is 2. The molecule has 0 radical (unpaired) electrons. The van der Waals surface area contributed by atoms with Crippen LogP contribution in [0.4, 0.5) is 0 Å². The fourth-order valence-corrected chi connectivity index (χ4v) is 1.77. The summed E-state index contributed by atoms with van der Waals surface area (Å²) in [4.78, 5) is 39.4. The van der Waals surface area contributed by atoms with E-state index in [9.17, 15) is 14.4 Å². The maximum atomic E-state index is 12.2. The molecule has 0 N–H and O–H groups in total. The maximum absolute atomic E-state index is 12.2. The summed E-state index contributed by atoms with van der Waals surface area (Å²) in [6, 6.07) is 2.86. The van der Waals surface area contributed by atoms with Crippen molar-refractivity contribution < 1.29 is 19.1 Å². The highest BCUT2D eigenvalue weighted by Crippen LogP contribution is 2.06. The van der Waals surface area contributed by atoms with Crippen LogP contribution in [0.5, 0.6) is 0 Å². The molecule has 7 heteroatoms. The number of carbonyl (C=O) groups excluding carboxylic acids is 2. The third-order valence-corrected chi connectivity index (χ3v) is 2.72. The molecule has 0 saturated heterocycles. The minimum absolute atomic E-state index is 0.154. The lowest BCUT2D eigenvalue weighted by Gasteiger charge is -2.06. The Morgan fingerprint density at radius 1 is 1.19 bits per heavy atom. The number of esters is 2. The van der Waals surface area contributed by atoms with Gasteiger partial charge in [0.25, 0.3) is 5.56 Å². The van der Waals surface area contributed by atoms with E-state index in [2.05, 4.69) is 4.98 Å². The molecular formula is C14H14N2O5. The van der Waals surface area contributed by atoms with Crippen LogP contribution in [0.15, 0.2) is 29.3 Å². The normalized spacial score (nSPS) is 10.4. The van der Waals surface area contributed by atoms with Crippen LogP contribution in [-0.4, -0.2) is 34.5 Å². The average Bonchev–Trinajstić information content (AvgIpc) is 2.47. The van der Waals surface area contributed by atoms with Crippen LogP contribution < -0.4 is 5.56 Å². The highest BCUT2D eigenvalue weighted by atomic mass is 16.5. The number of nitrogens with zero attached hydrogens (tertiary/aromatic N) is 2. The van der Waals surface area contributed by atoms with Gasteiger partial charge in [-0.2, -0.15) is 0 Å². The summed E-state index contributed by atoms with van der Waals surface area (Å²) in [5, 5.41) is 0. The van der Waals surface area contributed by atoms with E-state index in [0.717, 1.165) is 6.20 Å². The molecule has 0 aromatic carbocycles. The van der Waals surface area contributed by atoms with Gasteiger partial charge in [0.2, 0.25) is 0 Å². The van der Waals surface area contributed by atoms with E-state index in [4.69, 9.17) is 9.47 Å². The van der Waals surface area contributed by atoms with E-state index < -0.39 is 17.5 Å².